The van der Waals surface area contributed by atoms with Gasteiger partial charge >= 0.3 is 0 Å². The smallest absolute Gasteiger partial charge is 0.190 e. The fourth-order valence-corrected chi connectivity index (χ4v) is 6.00. The zero-order chi connectivity index (χ0) is 21.5. The summed E-state index contributed by atoms with van der Waals surface area (Å²) in [6, 6.07) is 4.95. The van der Waals surface area contributed by atoms with Gasteiger partial charge in [0.2, 0.25) is 0 Å². The van der Waals surface area contributed by atoms with Gasteiger partial charge in [-0.3, -0.25) is 9.89 Å². The van der Waals surface area contributed by atoms with Crippen molar-refractivity contribution in [1.29, 1.82) is 0 Å². The second kappa shape index (κ2) is 11.1. The van der Waals surface area contributed by atoms with E-state index in [1.54, 1.807) is 0 Å². The molecule has 0 aliphatic carbocycles. The lowest BCUT2D eigenvalue weighted by Crippen LogP contribution is -2.45. The number of nitrogens with zero attached hydrogens (tertiary/aromatic N) is 5. The molecule has 31 heavy (non-hydrogen) atoms. The largest absolute Gasteiger partial charge is 0.356 e. The van der Waals surface area contributed by atoms with E-state index in [-0.39, 0.29) is 0 Å². The van der Waals surface area contributed by atoms with Crippen LogP contribution in [0, 0.1) is 5.92 Å². The molecular weight excluding hydrogens is 406 g/mol. The van der Waals surface area contributed by atoms with Crippen LogP contribution in [0.25, 0.3) is 0 Å². The van der Waals surface area contributed by atoms with E-state index in [0.717, 1.165) is 50.7 Å². The monoisotopic (exact) mass is 443 g/mol. The van der Waals surface area contributed by atoms with Crippen molar-refractivity contribution in [3.05, 3.63) is 34.0 Å². The van der Waals surface area contributed by atoms with Crippen LogP contribution in [-0.4, -0.2) is 59.4 Å². The molecule has 2 aliphatic rings. The van der Waals surface area contributed by atoms with Gasteiger partial charge in [-0.05, 0) is 63.1 Å². The molecule has 2 atom stereocenters. The maximum atomic E-state index is 4.45. The Morgan fingerprint density at radius 3 is 2.97 bits per heavy atom. The minimum atomic E-state index is 0.502. The molecule has 2 aromatic heterocycles. The molecule has 4 heterocycles. The molecule has 1 fully saturated rings. The van der Waals surface area contributed by atoms with Crippen LogP contribution in [0.2, 0.25) is 0 Å². The van der Waals surface area contributed by atoms with Crippen LogP contribution in [0.5, 0.6) is 0 Å². The van der Waals surface area contributed by atoms with Gasteiger partial charge in [-0.2, -0.15) is 0 Å². The van der Waals surface area contributed by atoms with Crippen molar-refractivity contribution in [2.75, 3.05) is 33.7 Å². The maximum absolute atomic E-state index is 4.45. The Morgan fingerprint density at radius 1 is 1.19 bits per heavy atom. The number of hydrogen-bond acceptors (Lipinski definition) is 5. The molecule has 4 rings (SSSR count). The first-order valence-corrected chi connectivity index (χ1v) is 12.7. The van der Waals surface area contributed by atoms with Gasteiger partial charge in [-0.15, -0.1) is 21.5 Å². The Balaban J connectivity index is 1.23. The normalized spacial score (nSPS) is 22.7. The van der Waals surface area contributed by atoms with E-state index in [1.807, 2.05) is 18.4 Å². The van der Waals surface area contributed by atoms with Crippen molar-refractivity contribution in [2.24, 2.45) is 10.9 Å². The highest BCUT2D eigenvalue weighted by molar-refractivity contribution is 7.10. The number of rotatable bonds is 7. The molecular formula is C23H37N7S. The van der Waals surface area contributed by atoms with Crippen molar-refractivity contribution >= 4 is 17.3 Å². The van der Waals surface area contributed by atoms with Crippen molar-refractivity contribution in [1.82, 2.24) is 30.3 Å². The minimum absolute atomic E-state index is 0.502. The van der Waals surface area contributed by atoms with E-state index in [9.17, 15) is 0 Å². The summed E-state index contributed by atoms with van der Waals surface area (Å²) in [7, 11) is 4.12. The average Bonchev–Trinajstić information content (AvgIpc) is 3.38. The first-order chi connectivity index (χ1) is 15.3. The first-order valence-electron chi connectivity index (χ1n) is 11.9. The van der Waals surface area contributed by atoms with E-state index in [2.05, 4.69) is 59.9 Å². The van der Waals surface area contributed by atoms with Gasteiger partial charge in [0.05, 0.1) is 0 Å². The Hall–Kier alpha value is -1.93. The molecule has 1 saturated heterocycles. The van der Waals surface area contributed by atoms with E-state index in [0.29, 0.717) is 12.0 Å². The summed E-state index contributed by atoms with van der Waals surface area (Å²) in [5, 5.41) is 18.1. The number of piperidine rings is 1. The maximum Gasteiger partial charge on any atom is 0.190 e. The number of aromatic nitrogens is 3. The molecule has 170 valence electrons. The molecule has 2 N–H and O–H groups in total. The summed E-state index contributed by atoms with van der Waals surface area (Å²) in [6.45, 7) is 4.10. The third-order valence-corrected chi connectivity index (χ3v) is 7.60. The van der Waals surface area contributed by atoms with E-state index in [4.69, 9.17) is 0 Å². The van der Waals surface area contributed by atoms with Crippen molar-refractivity contribution in [2.45, 2.75) is 64.0 Å². The summed E-state index contributed by atoms with van der Waals surface area (Å²) in [6.07, 6.45) is 9.38. The molecule has 2 aliphatic heterocycles. The van der Waals surface area contributed by atoms with E-state index in [1.165, 1.54) is 49.4 Å². The molecule has 2 aromatic rings. The summed E-state index contributed by atoms with van der Waals surface area (Å²) in [5.41, 5.74) is 0. The number of nitrogens with one attached hydrogen (secondary N) is 2. The van der Waals surface area contributed by atoms with Crippen LogP contribution in [0.15, 0.2) is 22.5 Å². The Labute approximate surface area is 190 Å². The third kappa shape index (κ3) is 5.66. The number of thiophene rings is 1. The van der Waals surface area contributed by atoms with Crippen LogP contribution in [-0.2, 0) is 19.4 Å². The summed E-state index contributed by atoms with van der Waals surface area (Å²) < 4.78 is 2.35. The lowest BCUT2D eigenvalue weighted by Gasteiger charge is -2.39. The van der Waals surface area contributed by atoms with Gasteiger partial charge in [-0.25, -0.2) is 0 Å². The molecule has 0 amide bonds. The van der Waals surface area contributed by atoms with Crippen LogP contribution < -0.4 is 10.6 Å². The predicted molar refractivity (Wildman–Crippen MR) is 128 cm³/mol. The van der Waals surface area contributed by atoms with Crippen molar-refractivity contribution in [3.63, 3.8) is 0 Å². The molecule has 2 unspecified atom stereocenters. The van der Waals surface area contributed by atoms with Gasteiger partial charge in [0, 0.05) is 50.4 Å². The highest BCUT2D eigenvalue weighted by Gasteiger charge is 2.31. The van der Waals surface area contributed by atoms with Crippen LogP contribution in [0.4, 0.5) is 0 Å². The number of hydrogen-bond donors (Lipinski definition) is 2. The first kappa shape index (κ1) is 22.3. The third-order valence-electron chi connectivity index (χ3n) is 6.65. The Bertz CT molecular complexity index is 829. The number of likely N-dealkylation sites (tertiary alicyclic amines) is 1. The topological polar surface area (TPSA) is 70.4 Å². The Morgan fingerprint density at radius 2 is 2.13 bits per heavy atom. The van der Waals surface area contributed by atoms with E-state index >= 15 is 0 Å². The summed E-state index contributed by atoms with van der Waals surface area (Å²) in [5.74, 6) is 3.82. The highest BCUT2D eigenvalue weighted by Crippen LogP contribution is 2.36. The number of aliphatic imine (C=N–C) groups is 1. The lowest BCUT2D eigenvalue weighted by atomic mass is 9.88. The quantitative estimate of drug-likeness (QED) is 0.391. The van der Waals surface area contributed by atoms with Crippen LogP contribution >= 0.6 is 11.3 Å². The summed E-state index contributed by atoms with van der Waals surface area (Å²) in [4.78, 5) is 8.44. The zero-order valence-electron chi connectivity index (χ0n) is 19.0. The molecule has 0 aromatic carbocycles. The van der Waals surface area contributed by atoms with Crippen molar-refractivity contribution < 1.29 is 0 Å². The number of fused-ring (bicyclic) bond motifs is 1. The second-order valence-corrected chi connectivity index (χ2v) is 9.80. The van der Waals surface area contributed by atoms with Crippen molar-refractivity contribution in [3.8, 4) is 0 Å². The fourth-order valence-electron chi connectivity index (χ4n) is 5.01. The highest BCUT2D eigenvalue weighted by atomic mass is 32.1. The molecule has 0 spiro atoms. The molecule has 7 nitrogen and oxygen atoms in total. The van der Waals surface area contributed by atoms with Crippen LogP contribution in [0.3, 0.4) is 0 Å². The molecule has 0 radical (unpaired) electrons. The average molecular weight is 444 g/mol. The molecule has 0 bridgehead atoms. The SMILES string of the molecule is CN=C(NCCCc1nnc2n1CCCCC2)NCC1CCCN(C)C1c1cccs1. The zero-order valence-corrected chi connectivity index (χ0v) is 19.8. The van der Waals surface area contributed by atoms with Gasteiger partial charge in [0.1, 0.15) is 11.6 Å². The van der Waals surface area contributed by atoms with Crippen LogP contribution in [0.1, 0.15) is 61.1 Å². The standard InChI is InChI=1S/C23H37N7S/c1-24-23(25-13-6-12-21-28-27-20-11-4-3-5-15-30(20)21)26-17-18-9-7-14-29(2)22(18)19-10-8-16-31-19/h8,10,16,18,22H,3-7,9,11-15,17H2,1-2H3,(H2,24,25,26). The number of guanidine groups is 1. The number of aryl methyl sites for hydroxylation is 2. The second-order valence-electron chi connectivity index (χ2n) is 8.82. The van der Waals surface area contributed by atoms with Gasteiger partial charge in [0.15, 0.2) is 5.96 Å². The molecule has 8 heteroatoms. The van der Waals surface area contributed by atoms with Gasteiger partial charge < -0.3 is 15.2 Å². The van der Waals surface area contributed by atoms with Gasteiger partial charge in [0.25, 0.3) is 0 Å². The predicted octanol–water partition coefficient (Wildman–Crippen LogP) is 3.25. The van der Waals surface area contributed by atoms with Gasteiger partial charge in [-0.1, -0.05) is 12.5 Å². The van der Waals surface area contributed by atoms with E-state index < -0.39 is 0 Å². The Kier molecular flexibility index (Phi) is 7.97. The lowest BCUT2D eigenvalue weighted by molar-refractivity contribution is 0.125. The molecule has 0 saturated carbocycles. The minimum Gasteiger partial charge on any atom is -0.356 e. The fraction of sp³-hybridized carbons (Fsp3) is 0.696. The summed E-state index contributed by atoms with van der Waals surface area (Å²) >= 11 is 1.88.